The normalized spacial score (nSPS) is 11.5. The second-order valence-electron chi connectivity index (χ2n) is 3.11. The summed E-state index contributed by atoms with van der Waals surface area (Å²) in [6.45, 7) is 0. The molecule has 1 amide bonds. The van der Waals surface area contributed by atoms with Crippen LogP contribution in [0, 0.1) is 0 Å². The van der Waals surface area contributed by atoms with Crippen molar-refractivity contribution in [3.8, 4) is 0 Å². The number of aromatic nitrogens is 1. The molecule has 0 aliphatic rings. The molecule has 1 aromatic heterocycles. The number of nitrogens with one attached hydrogen (secondary N) is 2. The molecule has 1 heterocycles. The standard InChI is InChI=1S/C9H8N2O4S/c12-9(13)11-16(14,15)8-5-10-7-4-2-1-3-6(7)8/h1-5,10-11H,(H,12,13). The molecule has 0 aliphatic carbocycles. The second-order valence-corrected chi connectivity index (χ2v) is 4.76. The highest BCUT2D eigenvalue weighted by Gasteiger charge is 2.20. The van der Waals surface area contributed by atoms with Gasteiger partial charge in [-0.2, -0.15) is 0 Å². The lowest BCUT2D eigenvalue weighted by Crippen LogP contribution is -2.28. The van der Waals surface area contributed by atoms with E-state index in [0.717, 1.165) is 0 Å². The maximum absolute atomic E-state index is 11.6. The summed E-state index contributed by atoms with van der Waals surface area (Å²) in [5, 5.41) is 8.87. The number of aromatic amines is 1. The first-order valence-electron chi connectivity index (χ1n) is 4.32. The Morgan fingerprint density at radius 3 is 2.69 bits per heavy atom. The Labute approximate surface area is 91.0 Å². The smallest absolute Gasteiger partial charge is 0.418 e. The fraction of sp³-hybridized carbons (Fsp3) is 0. The topological polar surface area (TPSA) is 99.3 Å². The fourth-order valence-electron chi connectivity index (χ4n) is 1.44. The number of hydrogen-bond donors (Lipinski definition) is 3. The largest absolute Gasteiger partial charge is 0.464 e. The van der Waals surface area contributed by atoms with Crippen molar-refractivity contribution in [1.29, 1.82) is 0 Å². The molecule has 0 fully saturated rings. The summed E-state index contributed by atoms with van der Waals surface area (Å²) in [4.78, 5) is 13.0. The molecular weight excluding hydrogens is 232 g/mol. The molecule has 7 heteroatoms. The molecule has 0 atom stereocenters. The van der Waals surface area contributed by atoms with Crippen molar-refractivity contribution >= 4 is 27.0 Å². The maximum atomic E-state index is 11.6. The molecule has 0 unspecified atom stereocenters. The van der Waals surface area contributed by atoms with Gasteiger partial charge in [-0.05, 0) is 6.07 Å². The number of para-hydroxylation sites is 1. The lowest BCUT2D eigenvalue weighted by atomic mass is 10.2. The first kappa shape index (κ1) is 10.5. The molecule has 0 radical (unpaired) electrons. The van der Waals surface area contributed by atoms with Crippen LogP contribution in [0.2, 0.25) is 0 Å². The van der Waals surface area contributed by atoms with Crippen molar-refractivity contribution in [2.45, 2.75) is 4.90 Å². The average molecular weight is 240 g/mol. The van der Waals surface area contributed by atoms with Crippen LogP contribution in [0.3, 0.4) is 0 Å². The summed E-state index contributed by atoms with van der Waals surface area (Å²) < 4.78 is 24.7. The van der Waals surface area contributed by atoms with E-state index in [9.17, 15) is 13.2 Å². The Bertz CT molecular complexity index is 644. The van der Waals surface area contributed by atoms with Gasteiger partial charge in [-0.15, -0.1) is 0 Å². The van der Waals surface area contributed by atoms with Crippen LogP contribution in [0.4, 0.5) is 4.79 Å². The molecule has 0 bridgehead atoms. The van der Waals surface area contributed by atoms with E-state index in [1.54, 1.807) is 24.3 Å². The summed E-state index contributed by atoms with van der Waals surface area (Å²) in [6.07, 6.45) is -0.346. The number of fused-ring (bicyclic) bond motifs is 1. The second kappa shape index (κ2) is 3.53. The van der Waals surface area contributed by atoms with Crippen LogP contribution in [-0.2, 0) is 10.0 Å². The lowest BCUT2D eigenvalue weighted by Gasteiger charge is -2.01. The molecule has 16 heavy (non-hydrogen) atoms. The highest BCUT2D eigenvalue weighted by Crippen LogP contribution is 2.21. The van der Waals surface area contributed by atoms with E-state index in [1.165, 1.54) is 10.9 Å². The predicted octanol–water partition coefficient (Wildman–Crippen LogP) is 1.12. The van der Waals surface area contributed by atoms with Gasteiger partial charge in [-0.1, -0.05) is 18.2 Å². The molecule has 1 aromatic carbocycles. The summed E-state index contributed by atoms with van der Waals surface area (Å²) in [5.74, 6) is 0. The zero-order valence-electron chi connectivity index (χ0n) is 7.97. The summed E-state index contributed by atoms with van der Waals surface area (Å²) in [5.41, 5.74) is 0.633. The fourth-order valence-corrected chi connectivity index (χ4v) is 2.46. The van der Waals surface area contributed by atoms with Crippen LogP contribution in [0.25, 0.3) is 10.9 Å². The van der Waals surface area contributed by atoms with Gasteiger partial charge in [0.1, 0.15) is 4.90 Å². The Hall–Kier alpha value is -2.02. The van der Waals surface area contributed by atoms with E-state index in [0.29, 0.717) is 10.9 Å². The van der Waals surface area contributed by atoms with Crippen LogP contribution >= 0.6 is 0 Å². The van der Waals surface area contributed by atoms with Crippen LogP contribution in [-0.4, -0.2) is 24.6 Å². The van der Waals surface area contributed by atoms with Crippen molar-refractivity contribution in [2.24, 2.45) is 0 Å². The maximum Gasteiger partial charge on any atom is 0.418 e. The van der Waals surface area contributed by atoms with Crippen molar-refractivity contribution in [3.63, 3.8) is 0 Å². The first-order chi connectivity index (χ1) is 7.50. The molecule has 0 aliphatic heterocycles. The van der Waals surface area contributed by atoms with E-state index >= 15 is 0 Å². The van der Waals surface area contributed by atoms with Crippen molar-refractivity contribution in [1.82, 2.24) is 9.71 Å². The molecule has 0 saturated heterocycles. The van der Waals surface area contributed by atoms with Gasteiger partial charge >= 0.3 is 6.09 Å². The van der Waals surface area contributed by atoms with Gasteiger partial charge in [0.15, 0.2) is 0 Å². The zero-order valence-corrected chi connectivity index (χ0v) is 8.78. The average Bonchev–Trinajstić information content (AvgIpc) is 2.59. The van der Waals surface area contributed by atoms with Crippen molar-refractivity contribution < 1.29 is 18.3 Å². The lowest BCUT2D eigenvalue weighted by molar-refractivity contribution is 0.201. The van der Waals surface area contributed by atoms with E-state index < -0.39 is 16.1 Å². The monoisotopic (exact) mass is 240 g/mol. The third-order valence-corrected chi connectivity index (χ3v) is 3.42. The number of H-pyrrole nitrogens is 1. The van der Waals surface area contributed by atoms with Crippen molar-refractivity contribution in [2.75, 3.05) is 0 Å². The predicted molar refractivity (Wildman–Crippen MR) is 56.6 cm³/mol. The highest BCUT2D eigenvalue weighted by atomic mass is 32.2. The summed E-state index contributed by atoms with van der Waals surface area (Å²) >= 11 is 0. The van der Waals surface area contributed by atoms with Gasteiger partial charge in [-0.25, -0.2) is 17.9 Å². The Morgan fingerprint density at radius 2 is 2.00 bits per heavy atom. The molecule has 2 aromatic rings. The number of rotatable bonds is 2. The first-order valence-corrected chi connectivity index (χ1v) is 5.81. The van der Waals surface area contributed by atoms with Gasteiger partial charge in [0, 0.05) is 17.1 Å². The van der Waals surface area contributed by atoms with Crippen LogP contribution in [0.5, 0.6) is 0 Å². The van der Waals surface area contributed by atoms with Gasteiger partial charge in [-0.3, -0.25) is 0 Å². The Morgan fingerprint density at radius 1 is 1.31 bits per heavy atom. The third-order valence-electron chi connectivity index (χ3n) is 2.06. The quantitative estimate of drug-likeness (QED) is 0.732. The van der Waals surface area contributed by atoms with E-state index in [1.807, 2.05) is 0 Å². The summed E-state index contributed by atoms with van der Waals surface area (Å²) in [6, 6.07) is 6.73. The van der Waals surface area contributed by atoms with Crippen LogP contribution in [0.1, 0.15) is 0 Å². The molecule has 0 spiro atoms. The SMILES string of the molecule is O=C(O)NS(=O)(=O)c1c[nH]c2ccccc12. The number of sulfonamides is 1. The molecule has 3 N–H and O–H groups in total. The summed E-state index contributed by atoms with van der Waals surface area (Å²) in [7, 11) is -4.02. The molecular formula is C9H8N2O4S. The van der Waals surface area contributed by atoms with Gasteiger partial charge in [0.05, 0.1) is 0 Å². The number of carbonyl (C=O) groups is 1. The van der Waals surface area contributed by atoms with Gasteiger partial charge in [0.25, 0.3) is 10.0 Å². The zero-order chi connectivity index (χ0) is 11.8. The minimum atomic E-state index is -4.02. The highest BCUT2D eigenvalue weighted by molar-refractivity contribution is 7.90. The minimum Gasteiger partial charge on any atom is -0.464 e. The van der Waals surface area contributed by atoms with Crippen molar-refractivity contribution in [3.05, 3.63) is 30.5 Å². The number of hydrogen-bond acceptors (Lipinski definition) is 3. The molecule has 2 rings (SSSR count). The number of amides is 1. The number of carboxylic acid groups (broad SMARTS) is 1. The van der Waals surface area contributed by atoms with Crippen LogP contribution < -0.4 is 4.72 Å². The van der Waals surface area contributed by atoms with Gasteiger partial charge < -0.3 is 10.1 Å². The Balaban J connectivity index is 2.60. The Kier molecular flexibility index (Phi) is 2.31. The van der Waals surface area contributed by atoms with Crippen LogP contribution in [0.15, 0.2) is 35.4 Å². The molecule has 84 valence electrons. The minimum absolute atomic E-state index is 0.0782. The van der Waals surface area contributed by atoms with E-state index in [4.69, 9.17) is 5.11 Å². The van der Waals surface area contributed by atoms with E-state index in [2.05, 4.69) is 4.98 Å². The number of benzene rings is 1. The van der Waals surface area contributed by atoms with E-state index in [-0.39, 0.29) is 4.90 Å². The molecule has 0 saturated carbocycles. The van der Waals surface area contributed by atoms with Gasteiger partial charge in [0.2, 0.25) is 0 Å². The third kappa shape index (κ3) is 1.72. The molecule has 6 nitrogen and oxygen atoms in total.